The van der Waals surface area contributed by atoms with Gasteiger partial charge < -0.3 is 10.4 Å². The van der Waals surface area contributed by atoms with Crippen LogP contribution >= 0.6 is 0 Å². The first-order chi connectivity index (χ1) is 9.00. The van der Waals surface area contributed by atoms with E-state index in [1.807, 2.05) is 0 Å². The molecule has 0 aliphatic heterocycles. The summed E-state index contributed by atoms with van der Waals surface area (Å²) < 4.78 is 13.2. The van der Waals surface area contributed by atoms with Crippen molar-refractivity contribution in [3.63, 3.8) is 0 Å². The van der Waals surface area contributed by atoms with Gasteiger partial charge >= 0.3 is 11.7 Å². The number of halogens is 1. The van der Waals surface area contributed by atoms with Gasteiger partial charge in [0.2, 0.25) is 0 Å². The molecule has 0 bridgehead atoms. The maximum Gasteiger partial charge on any atom is 0.324 e. The van der Waals surface area contributed by atoms with Crippen LogP contribution in [-0.2, 0) is 4.79 Å². The number of aromatic nitrogens is 1. The van der Waals surface area contributed by atoms with Crippen molar-refractivity contribution in [3.8, 4) is 0 Å². The average molecular weight is 271 g/mol. The molecule has 0 atom stereocenters. The van der Waals surface area contributed by atoms with E-state index in [2.05, 4.69) is 10.3 Å². The number of nitrogens with one attached hydrogen (secondary N) is 1. The third-order valence-corrected chi connectivity index (χ3v) is 2.40. The van der Waals surface area contributed by atoms with Gasteiger partial charge in [0.15, 0.2) is 0 Å². The lowest BCUT2D eigenvalue weighted by atomic mass is 10.2. The Bertz CT molecular complexity index is 467. The molecular formula is C11H14FN3O4. The number of anilines is 1. The smallest absolute Gasteiger partial charge is 0.324 e. The van der Waals surface area contributed by atoms with E-state index in [1.54, 1.807) is 0 Å². The number of hydrogen-bond acceptors (Lipinski definition) is 5. The van der Waals surface area contributed by atoms with Gasteiger partial charge in [0.05, 0.1) is 4.92 Å². The van der Waals surface area contributed by atoms with E-state index in [-0.39, 0.29) is 12.2 Å². The summed E-state index contributed by atoms with van der Waals surface area (Å²) in [5.74, 6) is -1.73. The van der Waals surface area contributed by atoms with Crippen molar-refractivity contribution in [1.82, 2.24) is 4.98 Å². The minimum atomic E-state index is -1.12. The van der Waals surface area contributed by atoms with Gasteiger partial charge in [-0.05, 0) is 18.9 Å². The first-order valence-electron chi connectivity index (χ1n) is 5.77. The predicted molar refractivity (Wildman–Crippen MR) is 65.4 cm³/mol. The van der Waals surface area contributed by atoms with Gasteiger partial charge in [-0.2, -0.15) is 9.37 Å². The predicted octanol–water partition coefficient (Wildman–Crippen LogP) is 2.19. The second-order valence-corrected chi connectivity index (χ2v) is 3.89. The summed E-state index contributed by atoms with van der Waals surface area (Å²) in [4.78, 5) is 23.2. The fraction of sp³-hybridized carbons (Fsp3) is 0.455. The van der Waals surface area contributed by atoms with E-state index >= 15 is 0 Å². The van der Waals surface area contributed by atoms with Crippen LogP contribution in [-0.4, -0.2) is 27.5 Å². The molecule has 1 heterocycles. The van der Waals surface area contributed by atoms with Crippen LogP contribution < -0.4 is 5.32 Å². The highest BCUT2D eigenvalue weighted by atomic mass is 19.1. The number of rotatable bonds is 8. The number of pyridine rings is 1. The maximum atomic E-state index is 13.2. The molecule has 0 saturated carbocycles. The first-order valence-corrected chi connectivity index (χ1v) is 5.77. The standard InChI is InChI=1S/C11H14FN3O4/c12-11-8(15(18)19)5-6-9(14-11)13-7-3-1-2-4-10(16)17/h5-6H,1-4,7H2,(H,13,14)(H,16,17). The van der Waals surface area contributed by atoms with Gasteiger partial charge in [-0.3, -0.25) is 14.9 Å². The van der Waals surface area contributed by atoms with Crippen molar-refractivity contribution in [2.45, 2.75) is 25.7 Å². The third kappa shape index (κ3) is 5.28. The van der Waals surface area contributed by atoms with Gasteiger partial charge in [-0.25, -0.2) is 0 Å². The molecule has 7 nitrogen and oxygen atoms in total. The van der Waals surface area contributed by atoms with Crippen molar-refractivity contribution < 1.29 is 19.2 Å². The van der Waals surface area contributed by atoms with Crippen LogP contribution in [0.5, 0.6) is 0 Å². The lowest BCUT2D eigenvalue weighted by Gasteiger charge is -2.05. The van der Waals surface area contributed by atoms with Crippen LogP contribution in [0.3, 0.4) is 0 Å². The highest BCUT2D eigenvalue weighted by Gasteiger charge is 2.15. The largest absolute Gasteiger partial charge is 0.481 e. The number of carboxylic acids is 1. The Balaban J connectivity index is 2.32. The lowest BCUT2D eigenvalue weighted by Crippen LogP contribution is -2.05. The Morgan fingerprint density at radius 2 is 2.16 bits per heavy atom. The highest BCUT2D eigenvalue weighted by Crippen LogP contribution is 2.17. The number of aliphatic carboxylic acids is 1. The lowest BCUT2D eigenvalue weighted by molar-refractivity contribution is -0.388. The Labute approximate surface area is 108 Å². The number of carboxylic acid groups (broad SMARTS) is 1. The normalized spacial score (nSPS) is 10.2. The van der Waals surface area contributed by atoms with Gasteiger partial charge in [-0.15, -0.1) is 0 Å². The van der Waals surface area contributed by atoms with E-state index in [9.17, 15) is 19.3 Å². The monoisotopic (exact) mass is 271 g/mol. The van der Waals surface area contributed by atoms with E-state index in [1.165, 1.54) is 6.07 Å². The summed E-state index contributed by atoms with van der Waals surface area (Å²) in [7, 11) is 0. The van der Waals surface area contributed by atoms with E-state index in [4.69, 9.17) is 5.11 Å². The van der Waals surface area contributed by atoms with Crippen LogP contribution in [0.1, 0.15) is 25.7 Å². The van der Waals surface area contributed by atoms with Crippen LogP contribution in [0.25, 0.3) is 0 Å². The van der Waals surface area contributed by atoms with Crippen molar-refractivity contribution >= 4 is 17.5 Å². The molecule has 0 radical (unpaired) electrons. The van der Waals surface area contributed by atoms with E-state index < -0.39 is 22.5 Å². The Kier molecular flexibility index (Phi) is 5.65. The summed E-state index contributed by atoms with van der Waals surface area (Å²) in [6.45, 7) is 0.504. The average Bonchev–Trinajstić information content (AvgIpc) is 2.32. The SMILES string of the molecule is O=C(O)CCCCCNc1ccc([N+](=O)[O-])c(F)n1. The molecule has 1 aromatic rings. The molecule has 0 aromatic carbocycles. The summed E-state index contributed by atoms with van der Waals surface area (Å²) in [6.07, 6.45) is 2.16. The molecule has 0 fully saturated rings. The van der Waals surface area contributed by atoms with Gasteiger partial charge in [0.1, 0.15) is 5.82 Å². The Morgan fingerprint density at radius 1 is 1.42 bits per heavy atom. The molecule has 2 N–H and O–H groups in total. The van der Waals surface area contributed by atoms with E-state index in [0.717, 1.165) is 12.5 Å². The number of carbonyl (C=O) groups is 1. The fourth-order valence-corrected chi connectivity index (χ4v) is 1.46. The molecule has 0 spiro atoms. The molecular weight excluding hydrogens is 257 g/mol. The number of hydrogen-bond donors (Lipinski definition) is 2. The molecule has 19 heavy (non-hydrogen) atoms. The number of nitrogens with zero attached hydrogens (tertiary/aromatic N) is 2. The molecule has 0 unspecified atom stereocenters. The van der Waals surface area contributed by atoms with Gasteiger partial charge in [-0.1, -0.05) is 6.42 Å². The Morgan fingerprint density at radius 3 is 2.74 bits per heavy atom. The Hall–Kier alpha value is -2.25. The molecule has 0 amide bonds. The minimum Gasteiger partial charge on any atom is -0.481 e. The van der Waals surface area contributed by atoms with E-state index in [0.29, 0.717) is 19.4 Å². The van der Waals surface area contributed by atoms with Crippen molar-refractivity contribution in [1.29, 1.82) is 0 Å². The summed E-state index contributed by atoms with van der Waals surface area (Å²) in [5, 5.41) is 21.6. The zero-order chi connectivity index (χ0) is 14.3. The minimum absolute atomic E-state index is 0.129. The number of unbranched alkanes of at least 4 members (excludes halogenated alkanes) is 2. The molecule has 0 aliphatic carbocycles. The summed E-state index contributed by atoms with van der Waals surface area (Å²) in [6, 6.07) is 2.38. The summed E-state index contributed by atoms with van der Waals surface area (Å²) >= 11 is 0. The van der Waals surface area contributed by atoms with Gasteiger partial charge in [0.25, 0.3) is 5.95 Å². The zero-order valence-electron chi connectivity index (χ0n) is 10.1. The van der Waals surface area contributed by atoms with Crippen LogP contribution in [0.4, 0.5) is 15.9 Å². The van der Waals surface area contributed by atoms with Crippen molar-refractivity contribution in [3.05, 3.63) is 28.2 Å². The zero-order valence-corrected chi connectivity index (χ0v) is 10.1. The molecule has 0 aliphatic rings. The maximum absolute atomic E-state index is 13.2. The number of nitro groups is 1. The first kappa shape index (κ1) is 14.8. The molecule has 8 heteroatoms. The van der Waals surface area contributed by atoms with Crippen LogP contribution in [0.2, 0.25) is 0 Å². The second kappa shape index (κ2) is 7.24. The molecule has 1 aromatic heterocycles. The quantitative estimate of drug-likeness (QED) is 0.325. The highest BCUT2D eigenvalue weighted by molar-refractivity contribution is 5.66. The summed E-state index contributed by atoms with van der Waals surface area (Å²) in [5.41, 5.74) is -0.660. The fourth-order valence-electron chi connectivity index (χ4n) is 1.46. The van der Waals surface area contributed by atoms with Crippen molar-refractivity contribution in [2.75, 3.05) is 11.9 Å². The van der Waals surface area contributed by atoms with Crippen LogP contribution in [0.15, 0.2) is 12.1 Å². The van der Waals surface area contributed by atoms with Crippen molar-refractivity contribution in [2.24, 2.45) is 0 Å². The second-order valence-electron chi connectivity index (χ2n) is 3.89. The van der Waals surface area contributed by atoms with Crippen LogP contribution in [0, 0.1) is 16.1 Å². The topological polar surface area (TPSA) is 105 Å². The molecule has 1 rings (SSSR count). The molecule has 104 valence electrons. The van der Waals surface area contributed by atoms with Gasteiger partial charge in [0, 0.05) is 19.0 Å². The third-order valence-electron chi connectivity index (χ3n) is 2.40. The molecule has 0 saturated heterocycles.